The van der Waals surface area contributed by atoms with E-state index in [0.29, 0.717) is 23.0 Å². The predicted molar refractivity (Wildman–Crippen MR) is 58.1 cm³/mol. The second-order valence-corrected chi connectivity index (χ2v) is 4.00. The summed E-state index contributed by atoms with van der Waals surface area (Å²) < 4.78 is 13.8. The lowest BCUT2D eigenvalue weighted by atomic mass is 10.0. The minimum atomic E-state index is -0.575. The Hall–Kier alpha value is -0.610. The molecule has 0 amide bonds. The van der Waals surface area contributed by atoms with Crippen LogP contribution in [-0.2, 0) is 6.42 Å². The highest BCUT2D eigenvalue weighted by molar-refractivity contribution is 9.10. The van der Waals surface area contributed by atoms with Crippen LogP contribution in [0.3, 0.4) is 0 Å². The molecule has 1 rings (SSSR count). The van der Waals surface area contributed by atoms with E-state index in [2.05, 4.69) is 21.2 Å². The van der Waals surface area contributed by atoms with E-state index < -0.39 is 5.82 Å². The second-order valence-electron chi connectivity index (χ2n) is 3.15. The molecule has 14 heavy (non-hydrogen) atoms. The first-order valence-corrected chi connectivity index (χ1v) is 5.18. The molecule has 0 saturated heterocycles. The smallest absolute Gasteiger partial charge is 0.166 e. The monoisotopic (exact) mass is 261 g/mol. The number of aromatic hydroxyl groups is 1. The van der Waals surface area contributed by atoms with Crippen molar-refractivity contribution >= 4 is 15.9 Å². The summed E-state index contributed by atoms with van der Waals surface area (Å²) >= 11 is 3.25. The first kappa shape index (κ1) is 11.5. The maximum absolute atomic E-state index is 13.1. The molecule has 4 heteroatoms. The Labute approximate surface area is 91.3 Å². The largest absolute Gasteiger partial charge is 0.505 e. The molecule has 0 radical (unpaired) electrons. The van der Waals surface area contributed by atoms with Crippen molar-refractivity contribution < 1.29 is 9.50 Å². The lowest BCUT2D eigenvalue weighted by Crippen LogP contribution is -2.11. The normalized spacial score (nSPS) is 10.6. The van der Waals surface area contributed by atoms with Crippen molar-refractivity contribution in [3.05, 3.63) is 27.5 Å². The van der Waals surface area contributed by atoms with Gasteiger partial charge in [0.1, 0.15) is 0 Å². The van der Waals surface area contributed by atoms with Crippen LogP contribution < -0.4 is 5.32 Å². The van der Waals surface area contributed by atoms with Gasteiger partial charge in [0.15, 0.2) is 11.6 Å². The molecule has 0 aliphatic rings. The third-order valence-electron chi connectivity index (χ3n) is 2.20. The van der Waals surface area contributed by atoms with Gasteiger partial charge in [-0.15, -0.1) is 0 Å². The van der Waals surface area contributed by atoms with Crippen LogP contribution in [-0.4, -0.2) is 18.7 Å². The van der Waals surface area contributed by atoms with Gasteiger partial charge < -0.3 is 10.4 Å². The highest BCUT2D eigenvalue weighted by Gasteiger charge is 2.12. The van der Waals surface area contributed by atoms with Crippen LogP contribution in [0.15, 0.2) is 10.5 Å². The number of hydrogen-bond donors (Lipinski definition) is 2. The van der Waals surface area contributed by atoms with Crippen LogP contribution in [0.2, 0.25) is 0 Å². The van der Waals surface area contributed by atoms with Crippen LogP contribution in [0.1, 0.15) is 11.1 Å². The maximum Gasteiger partial charge on any atom is 0.166 e. The molecule has 0 heterocycles. The van der Waals surface area contributed by atoms with Gasteiger partial charge in [0.2, 0.25) is 0 Å². The highest BCUT2D eigenvalue weighted by Crippen LogP contribution is 2.30. The average Bonchev–Trinajstić information content (AvgIpc) is 2.15. The molecule has 0 spiro atoms. The van der Waals surface area contributed by atoms with Crippen molar-refractivity contribution in [2.45, 2.75) is 13.3 Å². The molecule has 2 N–H and O–H groups in total. The molecule has 1 aromatic rings. The fraction of sp³-hybridized carbons (Fsp3) is 0.400. The average molecular weight is 262 g/mol. The van der Waals surface area contributed by atoms with Gasteiger partial charge in [0, 0.05) is 10.0 Å². The van der Waals surface area contributed by atoms with Gasteiger partial charge in [0.25, 0.3) is 0 Å². The minimum absolute atomic E-state index is 0.235. The van der Waals surface area contributed by atoms with Gasteiger partial charge in [-0.1, -0.05) is 15.9 Å². The van der Waals surface area contributed by atoms with Crippen molar-refractivity contribution in [2.75, 3.05) is 13.6 Å². The van der Waals surface area contributed by atoms with Crippen LogP contribution in [0.25, 0.3) is 0 Å². The summed E-state index contributed by atoms with van der Waals surface area (Å²) in [5.74, 6) is -0.811. The van der Waals surface area contributed by atoms with Crippen molar-refractivity contribution in [1.29, 1.82) is 0 Å². The Morgan fingerprint density at radius 1 is 1.57 bits per heavy atom. The van der Waals surface area contributed by atoms with Crippen molar-refractivity contribution in [3.8, 4) is 5.75 Å². The first-order chi connectivity index (χ1) is 6.57. The second kappa shape index (κ2) is 4.75. The van der Waals surface area contributed by atoms with E-state index in [-0.39, 0.29) is 5.75 Å². The lowest BCUT2D eigenvalue weighted by Gasteiger charge is -2.10. The Morgan fingerprint density at radius 2 is 2.21 bits per heavy atom. The zero-order chi connectivity index (χ0) is 10.7. The summed E-state index contributed by atoms with van der Waals surface area (Å²) in [5, 5.41) is 12.5. The molecule has 0 aliphatic carbocycles. The number of halogens is 2. The SMILES string of the molecule is CNCCc1c(C)c(Br)cc(F)c1O. The molecular weight excluding hydrogens is 249 g/mol. The molecule has 0 atom stereocenters. The molecular formula is C10H13BrFNO. The number of nitrogens with one attached hydrogen (secondary N) is 1. The molecule has 0 aliphatic heterocycles. The number of benzene rings is 1. The lowest BCUT2D eigenvalue weighted by molar-refractivity contribution is 0.424. The van der Waals surface area contributed by atoms with Crippen molar-refractivity contribution in [3.63, 3.8) is 0 Å². The van der Waals surface area contributed by atoms with E-state index in [1.807, 2.05) is 14.0 Å². The Kier molecular flexibility index (Phi) is 3.89. The topological polar surface area (TPSA) is 32.3 Å². The molecule has 0 unspecified atom stereocenters. The fourth-order valence-corrected chi connectivity index (χ4v) is 1.75. The van der Waals surface area contributed by atoms with E-state index in [9.17, 15) is 9.50 Å². The predicted octanol–water partition coefficient (Wildman–Crippen LogP) is 2.36. The maximum atomic E-state index is 13.1. The quantitative estimate of drug-likeness (QED) is 0.876. The summed E-state index contributed by atoms with van der Waals surface area (Å²) in [6.45, 7) is 2.57. The summed E-state index contributed by atoms with van der Waals surface area (Å²) in [6.07, 6.45) is 0.616. The molecule has 0 bridgehead atoms. The molecule has 0 fully saturated rings. The van der Waals surface area contributed by atoms with E-state index in [4.69, 9.17) is 0 Å². The number of likely N-dealkylation sites (N-methyl/N-ethyl adjacent to an activating group) is 1. The van der Waals surface area contributed by atoms with Gasteiger partial charge in [-0.3, -0.25) is 0 Å². The molecule has 0 saturated carbocycles. The third kappa shape index (κ3) is 2.25. The van der Waals surface area contributed by atoms with Gasteiger partial charge in [-0.05, 0) is 38.6 Å². The first-order valence-electron chi connectivity index (χ1n) is 4.39. The van der Waals surface area contributed by atoms with Crippen LogP contribution in [0, 0.1) is 12.7 Å². The summed E-state index contributed by atoms with van der Waals surface area (Å²) in [5.41, 5.74) is 1.55. The van der Waals surface area contributed by atoms with Gasteiger partial charge in [0.05, 0.1) is 0 Å². The summed E-state index contributed by atoms with van der Waals surface area (Å²) in [4.78, 5) is 0. The van der Waals surface area contributed by atoms with Gasteiger partial charge in [-0.2, -0.15) is 0 Å². The van der Waals surface area contributed by atoms with E-state index in [1.54, 1.807) is 0 Å². The van der Waals surface area contributed by atoms with Crippen molar-refractivity contribution in [2.24, 2.45) is 0 Å². The van der Waals surface area contributed by atoms with Crippen LogP contribution in [0.4, 0.5) is 4.39 Å². The minimum Gasteiger partial charge on any atom is -0.505 e. The van der Waals surface area contributed by atoms with E-state index in [1.165, 1.54) is 6.07 Å². The zero-order valence-corrected chi connectivity index (χ0v) is 9.78. The number of rotatable bonds is 3. The Bertz CT molecular complexity index is 315. The van der Waals surface area contributed by atoms with Crippen LogP contribution >= 0.6 is 15.9 Å². The summed E-state index contributed by atoms with van der Waals surface area (Å²) in [6, 6.07) is 1.29. The third-order valence-corrected chi connectivity index (χ3v) is 3.03. The van der Waals surface area contributed by atoms with Crippen molar-refractivity contribution in [1.82, 2.24) is 5.32 Å². The Morgan fingerprint density at radius 3 is 2.79 bits per heavy atom. The summed E-state index contributed by atoms with van der Waals surface area (Å²) in [7, 11) is 1.82. The molecule has 1 aromatic carbocycles. The molecule has 2 nitrogen and oxygen atoms in total. The molecule has 78 valence electrons. The standard InChI is InChI=1S/C10H13BrFNO/c1-6-7(3-4-13-2)10(14)9(12)5-8(6)11/h5,13-14H,3-4H2,1-2H3. The van der Waals surface area contributed by atoms with E-state index in [0.717, 1.165) is 5.56 Å². The highest BCUT2D eigenvalue weighted by atomic mass is 79.9. The number of phenolic OH excluding ortho intramolecular Hbond substituents is 1. The zero-order valence-electron chi connectivity index (χ0n) is 8.19. The molecule has 0 aromatic heterocycles. The van der Waals surface area contributed by atoms with Gasteiger partial charge >= 0.3 is 0 Å². The Balaban J connectivity index is 3.11. The van der Waals surface area contributed by atoms with Gasteiger partial charge in [-0.25, -0.2) is 4.39 Å². The van der Waals surface area contributed by atoms with Crippen LogP contribution in [0.5, 0.6) is 5.75 Å². The fourth-order valence-electron chi connectivity index (χ4n) is 1.31. The number of phenols is 1. The van der Waals surface area contributed by atoms with E-state index >= 15 is 0 Å². The number of hydrogen-bond acceptors (Lipinski definition) is 2.